The molecular formula is C93H182O17P2. The minimum Gasteiger partial charge on any atom is -0.462 e. The highest BCUT2D eigenvalue weighted by Gasteiger charge is 2.31. The normalized spacial score (nSPS) is 13.9. The third-order valence-electron chi connectivity index (χ3n) is 22.3. The van der Waals surface area contributed by atoms with E-state index in [0.717, 1.165) is 102 Å². The van der Waals surface area contributed by atoms with Crippen molar-refractivity contribution in [1.29, 1.82) is 0 Å². The van der Waals surface area contributed by atoms with E-state index in [1.54, 1.807) is 0 Å². The molecule has 0 spiro atoms. The average Bonchev–Trinajstić information content (AvgIpc) is 0.904. The quantitative estimate of drug-likeness (QED) is 0.0222. The maximum absolute atomic E-state index is 13.2. The number of hydrogen-bond acceptors (Lipinski definition) is 15. The Morgan fingerprint density at radius 2 is 0.455 bits per heavy atom. The van der Waals surface area contributed by atoms with Gasteiger partial charge in [-0.05, 0) is 37.5 Å². The van der Waals surface area contributed by atoms with Crippen molar-refractivity contribution in [2.75, 3.05) is 39.6 Å². The van der Waals surface area contributed by atoms with Crippen LogP contribution < -0.4 is 0 Å². The molecule has 17 nitrogen and oxygen atoms in total. The Morgan fingerprint density at radius 3 is 0.679 bits per heavy atom. The van der Waals surface area contributed by atoms with Crippen LogP contribution in [0, 0.1) is 11.8 Å². The first-order chi connectivity index (χ1) is 54.4. The Morgan fingerprint density at radius 1 is 0.259 bits per heavy atom. The van der Waals surface area contributed by atoms with E-state index in [4.69, 9.17) is 37.0 Å². The maximum Gasteiger partial charge on any atom is 0.472 e. The molecule has 6 atom stereocenters. The molecule has 112 heavy (non-hydrogen) atoms. The fourth-order valence-corrected chi connectivity index (χ4v) is 16.2. The zero-order chi connectivity index (χ0) is 82.0. The average molecular weight is 1630 g/mol. The Balaban J connectivity index is 5.24. The number of ether oxygens (including phenoxy) is 4. The molecule has 0 bridgehead atoms. The van der Waals surface area contributed by atoms with Gasteiger partial charge in [0.15, 0.2) is 12.2 Å². The lowest BCUT2D eigenvalue weighted by atomic mass is 9.99. The van der Waals surface area contributed by atoms with Gasteiger partial charge in [0.1, 0.15) is 19.3 Å². The second-order valence-corrected chi connectivity index (χ2v) is 37.0. The molecule has 0 fully saturated rings. The lowest BCUT2D eigenvalue weighted by Crippen LogP contribution is -2.30. The summed E-state index contributed by atoms with van der Waals surface area (Å²) in [5.41, 5.74) is 0. The summed E-state index contributed by atoms with van der Waals surface area (Å²) < 4.78 is 69.1. The molecule has 3 N–H and O–H groups in total. The molecule has 666 valence electrons. The second-order valence-electron chi connectivity index (χ2n) is 34.1. The van der Waals surface area contributed by atoms with E-state index in [9.17, 15) is 43.2 Å². The molecule has 0 saturated heterocycles. The predicted octanol–water partition coefficient (Wildman–Crippen LogP) is 29.0. The SMILES string of the molecule is CCCCCCCCCCCCCCCCCCCCCCCCC(=O)O[C@H](COC(=O)CCCCCCCCCCCCCCCCCCCCC(C)C)COP(=O)(O)OC[C@@H](O)COP(=O)(O)OC[C@@H](COC(=O)CCCCCCCCCCC(C)CC)OC(=O)CCCCCCCCCCCCCCCCCCC. The van der Waals surface area contributed by atoms with Gasteiger partial charge in [-0.15, -0.1) is 0 Å². The number of hydrogen-bond donors (Lipinski definition) is 3. The summed E-state index contributed by atoms with van der Waals surface area (Å²) in [6.07, 6.45) is 79.3. The molecule has 0 aliphatic rings. The van der Waals surface area contributed by atoms with Gasteiger partial charge in [-0.1, -0.05) is 452 Å². The molecule has 0 aliphatic heterocycles. The van der Waals surface area contributed by atoms with Gasteiger partial charge in [0.2, 0.25) is 0 Å². The molecule has 0 aromatic heterocycles. The van der Waals surface area contributed by atoms with Crippen LogP contribution in [0.2, 0.25) is 0 Å². The minimum absolute atomic E-state index is 0.108. The topological polar surface area (TPSA) is 237 Å². The number of phosphoric ester groups is 2. The zero-order valence-electron chi connectivity index (χ0n) is 74.0. The van der Waals surface area contributed by atoms with Crippen LogP contribution in [0.3, 0.4) is 0 Å². The first-order valence-electron chi connectivity index (χ1n) is 48.0. The van der Waals surface area contributed by atoms with Gasteiger partial charge >= 0.3 is 39.5 Å². The lowest BCUT2D eigenvalue weighted by molar-refractivity contribution is -0.161. The summed E-state index contributed by atoms with van der Waals surface area (Å²) in [6.45, 7) is 9.75. The largest absolute Gasteiger partial charge is 0.472 e. The van der Waals surface area contributed by atoms with E-state index < -0.39 is 97.5 Å². The number of esters is 4. The predicted molar refractivity (Wildman–Crippen MR) is 465 cm³/mol. The van der Waals surface area contributed by atoms with Crippen molar-refractivity contribution < 1.29 is 80.2 Å². The van der Waals surface area contributed by atoms with Crippen LogP contribution in [0.4, 0.5) is 0 Å². The van der Waals surface area contributed by atoms with E-state index >= 15 is 0 Å². The molecule has 0 radical (unpaired) electrons. The van der Waals surface area contributed by atoms with Crippen LogP contribution in [0.1, 0.15) is 504 Å². The summed E-state index contributed by atoms with van der Waals surface area (Å²) in [5, 5.41) is 10.7. The summed E-state index contributed by atoms with van der Waals surface area (Å²) >= 11 is 0. The lowest BCUT2D eigenvalue weighted by Gasteiger charge is -2.21. The maximum atomic E-state index is 13.2. The summed E-state index contributed by atoms with van der Waals surface area (Å²) in [7, 11) is -9.94. The van der Waals surface area contributed by atoms with Gasteiger partial charge in [0.05, 0.1) is 26.4 Å². The molecule has 0 saturated carbocycles. The van der Waals surface area contributed by atoms with Crippen LogP contribution in [0.25, 0.3) is 0 Å². The standard InChI is InChI=1S/C93H182O17P2/c1-7-10-12-14-16-18-20-22-24-26-27-28-29-30-36-40-44-48-52-60-66-72-77-92(97)109-88(81-103-90(95)75-69-63-57-50-46-42-38-35-32-31-34-37-41-45-49-55-61-67-73-85(4)5)83-107-111(99,100)105-79-87(94)80-106-112(101,102)108-84-89(82-104-91(96)76-70-64-58-54-53-56-62-68-74-86(6)9-3)110-93(98)78-71-65-59-51-47-43-39-33-25-23-21-19-17-15-13-11-8-2/h85-89,94H,7-84H2,1-6H3,(H,99,100)(H,101,102)/t86?,87-,88-,89-/m1/s1. The summed E-state index contributed by atoms with van der Waals surface area (Å²) in [4.78, 5) is 73.5. The van der Waals surface area contributed by atoms with Crippen molar-refractivity contribution in [2.45, 2.75) is 522 Å². The van der Waals surface area contributed by atoms with Crippen LogP contribution in [0.15, 0.2) is 0 Å². The molecule has 0 rings (SSSR count). The number of rotatable bonds is 92. The van der Waals surface area contributed by atoms with Crippen molar-refractivity contribution in [3.63, 3.8) is 0 Å². The highest BCUT2D eigenvalue weighted by atomic mass is 31.2. The van der Waals surface area contributed by atoms with E-state index in [2.05, 4.69) is 41.5 Å². The van der Waals surface area contributed by atoms with Crippen LogP contribution in [-0.2, 0) is 65.4 Å². The monoisotopic (exact) mass is 1630 g/mol. The summed E-state index contributed by atoms with van der Waals surface area (Å²) in [6, 6.07) is 0. The second kappa shape index (κ2) is 84.1. The van der Waals surface area contributed by atoms with Gasteiger partial charge in [0.25, 0.3) is 0 Å². The van der Waals surface area contributed by atoms with Crippen LogP contribution in [-0.4, -0.2) is 96.7 Å². The smallest absolute Gasteiger partial charge is 0.462 e. The fraction of sp³-hybridized carbons (Fsp3) is 0.957. The zero-order valence-corrected chi connectivity index (χ0v) is 75.8. The number of carbonyl (C=O) groups is 4. The number of carbonyl (C=O) groups excluding carboxylic acids is 4. The molecule has 19 heteroatoms. The Labute approximate surface area is 689 Å². The summed E-state index contributed by atoms with van der Waals surface area (Å²) in [5.74, 6) is -0.493. The van der Waals surface area contributed by atoms with Gasteiger partial charge in [0, 0.05) is 25.7 Å². The van der Waals surface area contributed by atoms with Crippen molar-refractivity contribution in [2.24, 2.45) is 11.8 Å². The highest BCUT2D eigenvalue weighted by Crippen LogP contribution is 2.45. The Hall–Kier alpha value is -1.94. The molecular weight excluding hydrogens is 1450 g/mol. The van der Waals surface area contributed by atoms with Crippen molar-refractivity contribution in [3.05, 3.63) is 0 Å². The van der Waals surface area contributed by atoms with Crippen molar-refractivity contribution >= 4 is 39.5 Å². The van der Waals surface area contributed by atoms with Gasteiger partial charge < -0.3 is 33.8 Å². The number of aliphatic hydroxyl groups excluding tert-OH is 1. The van der Waals surface area contributed by atoms with E-state index in [-0.39, 0.29) is 25.7 Å². The van der Waals surface area contributed by atoms with Crippen molar-refractivity contribution in [3.8, 4) is 0 Å². The van der Waals surface area contributed by atoms with E-state index in [1.807, 2.05) is 0 Å². The van der Waals surface area contributed by atoms with Crippen LogP contribution >= 0.6 is 15.6 Å². The minimum atomic E-state index is -4.97. The highest BCUT2D eigenvalue weighted by molar-refractivity contribution is 7.47. The van der Waals surface area contributed by atoms with Crippen LogP contribution in [0.5, 0.6) is 0 Å². The first-order valence-corrected chi connectivity index (χ1v) is 51.0. The third-order valence-corrected chi connectivity index (χ3v) is 24.2. The fourth-order valence-electron chi connectivity index (χ4n) is 14.6. The number of unbranched alkanes of at least 4 members (excludes halogenated alkanes) is 61. The molecule has 0 aliphatic carbocycles. The number of aliphatic hydroxyl groups is 1. The molecule has 0 aromatic rings. The Bertz CT molecular complexity index is 2130. The van der Waals surface area contributed by atoms with Gasteiger partial charge in [-0.25, -0.2) is 9.13 Å². The molecule has 0 aromatic carbocycles. The molecule has 0 heterocycles. The number of phosphoric acid groups is 2. The molecule has 0 amide bonds. The van der Waals surface area contributed by atoms with Crippen molar-refractivity contribution in [1.82, 2.24) is 0 Å². The molecule has 3 unspecified atom stereocenters. The third kappa shape index (κ3) is 84.5. The van der Waals surface area contributed by atoms with Gasteiger partial charge in [-0.2, -0.15) is 0 Å². The first kappa shape index (κ1) is 110. The Kier molecular flexibility index (Phi) is 82.6. The van der Waals surface area contributed by atoms with E-state index in [1.165, 1.54) is 321 Å². The van der Waals surface area contributed by atoms with E-state index in [0.29, 0.717) is 25.7 Å². The van der Waals surface area contributed by atoms with Gasteiger partial charge in [-0.3, -0.25) is 37.3 Å².